The first kappa shape index (κ1) is 38.4. The summed E-state index contributed by atoms with van der Waals surface area (Å²) in [6, 6.07) is 0. The molecule has 1 spiro atoms. The predicted molar refractivity (Wildman–Crippen MR) is 183 cm³/mol. The van der Waals surface area contributed by atoms with Crippen LogP contribution in [0.5, 0.6) is 0 Å². The summed E-state index contributed by atoms with van der Waals surface area (Å²) in [5, 5.41) is 76.3. The van der Waals surface area contributed by atoms with Gasteiger partial charge in [-0.25, -0.2) is 0 Å². The fourth-order valence-electron chi connectivity index (χ4n) is 13.3. The van der Waals surface area contributed by atoms with Crippen LogP contribution in [0.15, 0.2) is 0 Å². The molecule has 7 N–H and O–H groups in total. The lowest BCUT2D eigenvalue weighted by atomic mass is 9.43. The van der Waals surface area contributed by atoms with E-state index in [0.717, 1.165) is 38.5 Å². The SMILES string of the molecule is C[C@@H]1CO[C@]2(O[C@H]3C[C@@H]4[C@@H]5C[C@H](O[C@H]6O[C@@H](C)[C@H](O)[C@@H](O[C@H]7O[C@@H](C)[C@H](O)[C@@H](O)[C@@H]7O)[C@@H]6O)[C@H]6C[C@@H](O)CC[C@]6(C)[C@H]5CC[C@@]4(C)[C@H]3[C@@H]2C)[C@@H](O)C1. The summed E-state index contributed by atoms with van der Waals surface area (Å²) in [5.74, 6) is 0.760. The molecule has 0 aromatic rings. The Morgan fingerprint density at radius 3 is 2.02 bits per heavy atom. The van der Waals surface area contributed by atoms with Gasteiger partial charge in [0, 0.05) is 5.92 Å². The average Bonchev–Trinajstić information content (AvgIpc) is 3.55. The monoisotopic (exact) mass is 740 g/mol. The van der Waals surface area contributed by atoms with Gasteiger partial charge in [-0.05, 0) is 112 Å². The summed E-state index contributed by atoms with van der Waals surface area (Å²) < 4.78 is 37.9. The summed E-state index contributed by atoms with van der Waals surface area (Å²) in [6.45, 7) is 12.9. The molecule has 8 fully saturated rings. The Morgan fingerprint density at radius 2 is 1.31 bits per heavy atom. The third-order valence-corrected chi connectivity index (χ3v) is 16.1. The predicted octanol–water partition coefficient (Wildman–Crippen LogP) is 1.44. The maximum atomic E-state index is 11.7. The highest BCUT2D eigenvalue weighted by atomic mass is 16.7. The molecule has 298 valence electrons. The first-order valence-electron chi connectivity index (χ1n) is 20.2. The second kappa shape index (κ2) is 13.6. The van der Waals surface area contributed by atoms with Crippen molar-refractivity contribution in [2.75, 3.05) is 6.61 Å². The Hall–Kier alpha value is -0.520. The third kappa shape index (κ3) is 5.73. The van der Waals surface area contributed by atoms with E-state index < -0.39 is 79.4 Å². The molecule has 4 heterocycles. The molecule has 0 bridgehead atoms. The number of aliphatic hydroxyl groups excluding tert-OH is 7. The summed E-state index contributed by atoms with van der Waals surface area (Å²) in [5.41, 5.74) is -0.122. The molecule has 52 heavy (non-hydrogen) atoms. The van der Waals surface area contributed by atoms with E-state index in [9.17, 15) is 35.7 Å². The molecule has 0 radical (unpaired) electrons. The molecule has 0 aromatic carbocycles. The van der Waals surface area contributed by atoms with Crippen molar-refractivity contribution in [1.82, 2.24) is 0 Å². The van der Waals surface area contributed by atoms with Crippen LogP contribution < -0.4 is 0 Å². The van der Waals surface area contributed by atoms with Crippen LogP contribution in [0.3, 0.4) is 0 Å². The molecule has 13 nitrogen and oxygen atoms in total. The number of hydrogen-bond donors (Lipinski definition) is 7. The van der Waals surface area contributed by atoms with Crippen LogP contribution in [-0.2, 0) is 28.4 Å². The van der Waals surface area contributed by atoms with Gasteiger partial charge in [-0.15, -0.1) is 0 Å². The van der Waals surface area contributed by atoms with E-state index in [4.69, 9.17) is 28.4 Å². The first-order valence-corrected chi connectivity index (χ1v) is 20.2. The minimum atomic E-state index is -1.60. The van der Waals surface area contributed by atoms with E-state index in [0.29, 0.717) is 37.2 Å². The van der Waals surface area contributed by atoms with E-state index in [-0.39, 0.29) is 46.7 Å². The standard InChI is InChI=1S/C39H64O13/c1-16-11-27(41)39(47-15-16)17(2)28-26(52-39)14-23-21-13-25(24-12-20(40)7-9-37(24,5)22(21)8-10-38(23,28)6)50-36-33(46)34(30(43)19(4)49-36)51-35-32(45)31(44)29(42)18(3)48-35/h16-36,40-46H,7-15H2,1-6H3/t16-,17-,18-,19-,20-,21+,22-,23+,24+,25-,26-,27-,28-,29-,30-,31+,32-,33-,34+,35+,36+,37+,38+,39+/m0/s1. The maximum Gasteiger partial charge on any atom is 0.197 e. The van der Waals surface area contributed by atoms with Crippen LogP contribution in [0, 0.1) is 52.3 Å². The molecule has 24 atom stereocenters. The minimum absolute atomic E-state index is 0.00617. The van der Waals surface area contributed by atoms with Gasteiger partial charge in [0.25, 0.3) is 0 Å². The van der Waals surface area contributed by atoms with Crippen LogP contribution >= 0.6 is 0 Å². The second-order valence-corrected chi connectivity index (χ2v) is 18.9. The maximum absolute atomic E-state index is 11.7. The normalized spacial score (nSPS) is 61.9. The largest absolute Gasteiger partial charge is 0.393 e. The molecule has 13 heteroatoms. The van der Waals surface area contributed by atoms with Gasteiger partial charge in [-0.1, -0.05) is 27.7 Å². The Morgan fingerprint density at radius 1 is 0.635 bits per heavy atom. The molecule has 8 aliphatic rings. The number of fused-ring (bicyclic) bond motifs is 7. The van der Waals surface area contributed by atoms with Crippen molar-refractivity contribution in [3.63, 3.8) is 0 Å². The molecule has 4 saturated carbocycles. The van der Waals surface area contributed by atoms with Gasteiger partial charge < -0.3 is 64.2 Å². The highest BCUT2D eigenvalue weighted by molar-refractivity contribution is 5.17. The Kier molecular flexibility index (Phi) is 10.0. The second-order valence-electron chi connectivity index (χ2n) is 18.9. The van der Waals surface area contributed by atoms with Crippen LogP contribution in [-0.4, -0.2) is 134 Å². The summed E-state index contributed by atoms with van der Waals surface area (Å²) in [7, 11) is 0. The molecule has 0 unspecified atom stereocenters. The Bertz CT molecular complexity index is 1310. The minimum Gasteiger partial charge on any atom is -0.393 e. The van der Waals surface area contributed by atoms with Crippen molar-refractivity contribution >= 4 is 0 Å². The van der Waals surface area contributed by atoms with Gasteiger partial charge in [0.2, 0.25) is 0 Å². The topological polar surface area (TPSA) is 197 Å². The van der Waals surface area contributed by atoms with Crippen LogP contribution in [0.25, 0.3) is 0 Å². The molecular formula is C39H64O13. The summed E-state index contributed by atoms with van der Waals surface area (Å²) in [6.07, 6.45) is -7.54. The van der Waals surface area contributed by atoms with E-state index in [1.54, 1.807) is 13.8 Å². The number of rotatable bonds is 4. The van der Waals surface area contributed by atoms with Gasteiger partial charge in [0.05, 0.1) is 37.1 Å². The van der Waals surface area contributed by atoms with E-state index in [1.165, 1.54) is 0 Å². The molecule has 4 aliphatic heterocycles. The van der Waals surface area contributed by atoms with Crippen LogP contribution in [0.2, 0.25) is 0 Å². The third-order valence-electron chi connectivity index (χ3n) is 16.1. The zero-order chi connectivity index (χ0) is 37.2. The molecule has 0 aromatic heterocycles. The van der Waals surface area contributed by atoms with Crippen LogP contribution in [0.4, 0.5) is 0 Å². The molecule has 4 saturated heterocycles. The highest BCUT2D eigenvalue weighted by Gasteiger charge is 2.71. The summed E-state index contributed by atoms with van der Waals surface area (Å²) in [4.78, 5) is 0. The molecule has 8 rings (SSSR count). The van der Waals surface area contributed by atoms with Crippen molar-refractivity contribution in [1.29, 1.82) is 0 Å². The Labute approximate surface area is 307 Å². The lowest BCUT2D eigenvalue weighted by molar-refractivity contribution is -0.363. The number of ether oxygens (including phenoxy) is 6. The van der Waals surface area contributed by atoms with E-state index in [1.807, 2.05) is 0 Å². The fraction of sp³-hybridized carbons (Fsp3) is 1.00. The molecule has 0 amide bonds. The number of aliphatic hydroxyl groups is 7. The van der Waals surface area contributed by atoms with Gasteiger partial charge in [-0.3, -0.25) is 0 Å². The number of hydrogen-bond acceptors (Lipinski definition) is 13. The van der Waals surface area contributed by atoms with E-state index in [2.05, 4.69) is 27.7 Å². The fourth-order valence-corrected chi connectivity index (χ4v) is 13.3. The average molecular weight is 741 g/mol. The van der Waals surface area contributed by atoms with Crippen LogP contribution in [0.1, 0.15) is 92.9 Å². The molecular weight excluding hydrogens is 676 g/mol. The van der Waals surface area contributed by atoms with Crippen molar-refractivity contribution in [2.45, 2.75) is 185 Å². The smallest absolute Gasteiger partial charge is 0.197 e. The van der Waals surface area contributed by atoms with Crippen molar-refractivity contribution in [2.24, 2.45) is 52.3 Å². The lowest BCUT2D eigenvalue weighted by Gasteiger charge is -2.63. The molecule has 4 aliphatic carbocycles. The van der Waals surface area contributed by atoms with Crippen molar-refractivity contribution in [3.8, 4) is 0 Å². The van der Waals surface area contributed by atoms with Gasteiger partial charge >= 0.3 is 0 Å². The van der Waals surface area contributed by atoms with Crippen molar-refractivity contribution in [3.05, 3.63) is 0 Å². The summed E-state index contributed by atoms with van der Waals surface area (Å²) >= 11 is 0. The van der Waals surface area contributed by atoms with E-state index >= 15 is 0 Å². The van der Waals surface area contributed by atoms with Gasteiger partial charge in [0.1, 0.15) is 42.7 Å². The van der Waals surface area contributed by atoms with Gasteiger partial charge in [0.15, 0.2) is 18.4 Å². The first-order chi connectivity index (χ1) is 24.5. The highest BCUT2D eigenvalue weighted by Crippen LogP contribution is 2.71. The van der Waals surface area contributed by atoms with Gasteiger partial charge in [-0.2, -0.15) is 0 Å². The quantitative estimate of drug-likeness (QED) is 0.205. The lowest BCUT2D eigenvalue weighted by Crippen LogP contribution is -2.64. The zero-order valence-corrected chi connectivity index (χ0v) is 31.6. The zero-order valence-electron chi connectivity index (χ0n) is 31.6. The van der Waals surface area contributed by atoms with Crippen molar-refractivity contribution < 1.29 is 64.2 Å². The Balaban J connectivity index is 1.04.